The molecule has 0 aromatic heterocycles. The smallest absolute Gasteiger partial charge is 0.242 e. The maximum atomic E-state index is 12.2. The van der Waals surface area contributed by atoms with Crippen LogP contribution in [-0.4, -0.2) is 26.5 Å². The minimum atomic E-state index is -3.59. The maximum Gasteiger partial charge on any atom is 0.242 e. The average Bonchev–Trinajstić information content (AvgIpc) is 2.26. The summed E-state index contributed by atoms with van der Waals surface area (Å²) in [7, 11) is -3.59. The van der Waals surface area contributed by atoms with Crippen LogP contribution in [-0.2, 0) is 10.0 Å². The van der Waals surface area contributed by atoms with E-state index in [-0.39, 0.29) is 4.90 Å². The summed E-state index contributed by atoms with van der Waals surface area (Å²) in [5.74, 6) is 3.66. The van der Waals surface area contributed by atoms with Crippen LogP contribution in [0.15, 0.2) is 26.0 Å². The fraction of sp³-hybridized carbons (Fsp3) is 0.273. The Labute approximate surface area is 134 Å². The van der Waals surface area contributed by atoms with Gasteiger partial charge in [0, 0.05) is 26.9 Å². The summed E-state index contributed by atoms with van der Waals surface area (Å²) in [4.78, 5) is 0.142. The van der Waals surface area contributed by atoms with Gasteiger partial charge in [0.05, 0.1) is 5.75 Å². The minimum absolute atomic E-state index is 0.142. The van der Waals surface area contributed by atoms with Gasteiger partial charge in [-0.15, -0.1) is 18.2 Å². The average molecular weight is 428 g/mol. The number of sulfonamides is 1. The van der Waals surface area contributed by atoms with Gasteiger partial charge in [-0.25, -0.2) is 13.1 Å². The molecule has 4 nitrogen and oxygen atoms in total. The van der Waals surface area contributed by atoms with Gasteiger partial charge in [-0.3, -0.25) is 0 Å². The summed E-state index contributed by atoms with van der Waals surface area (Å²) >= 11 is 7.91. The number of halogens is 2. The summed E-state index contributed by atoms with van der Waals surface area (Å²) in [6.45, 7) is 0.317. The number of benzene rings is 1. The van der Waals surface area contributed by atoms with Crippen molar-refractivity contribution in [3.8, 4) is 12.3 Å². The van der Waals surface area contributed by atoms with Crippen LogP contribution in [0.2, 0.25) is 0 Å². The summed E-state index contributed by atoms with van der Waals surface area (Å²) < 4.78 is 27.7. The Morgan fingerprint density at radius 1 is 1.37 bits per heavy atom. The van der Waals surface area contributed by atoms with Crippen LogP contribution in [0, 0.1) is 12.3 Å². The van der Waals surface area contributed by atoms with E-state index in [1.807, 2.05) is 0 Å². The van der Waals surface area contributed by atoms with Crippen molar-refractivity contribution < 1.29 is 8.42 Å². The molecule has 3 N–H and O–H groups in total. The Kier molecular flexibility index (Phi) is 6.69. The second kappa shape index (κ2) is 7.55. The van der Waals surface area contributed by atoms with E-state index in [2.05, 4.69) is 42.5 Å². The van der Waals surface area contributed by atoms with E-state index in [0.717, 1.165) is 0 Å². The largest absolute Gasteiger partial charge is 0.399 e. The molecule has 0 bridgehead atoms. The van der Waals surface area contributed by atoms with Crippen molar-refractivity contribution in [3.05, 3.63) is 21.1 Å². The molecule has 0 saturated heterocycles. The number of hydrogen-bond acceptors (Lipinski definition) is 4. The molecule has 0 heterocycles. The molecule has 0 unspecified atom stereocenters. The van der Waals surface area contributed by atoms with Gasteiger partial charge in [-0.1, -0.05) is 5.92 Å². The summed E-state index contributed by atoms with van der Waals surface area (Å²) in [6.07, 6.45) is 5.11. The topological polar surface area (TPSA) is 72.2 Å². The Hall–Kier alpha value is -0.200. The van der Waals surface area contributed by atoms with Crippen LogP contribution in [0.25, 0.3) is 0 Å². The molecule has 19 heavy (non-hydrogen) atoms. The first kappa shape index (κ1) is 16.9. The molecule has 1 rings (SSSR count). The van der Waals surface area contributed by atoms with Crippen molar-refractivity contribution in [1.82, 2.24) is 4.72 Å². The van der Waals surface area contributed by atoms with Gasteiger partial charge >= 0.3 is 0 Å². The van der Waals surface area contributed by atoms with Gasteiger partial charge < -0.3 is 5.73 Å². The van der Waals surface area contributed by atoms with E-state index in [4.69, 9.17) is 12.2 Å². The zero-order valence-electron chi connectivity index (χ0n) is 9.82. The lowest BCUT2D eigenvalue weighted by Gasteiger charge is -2.11. The first-order valence-electron chi connectivity index (χ1n) is 5.14. The van der Waals surface area contributed by atoms with E-state index in [1.165, 1.54) is 11.8 Å². The number of nitrogens with two attached hydrogens (primary N) is 1. The van der Waals surface area contributed by atoms with Gasteiger partial charge in [0.1, 0.15) is 4.90 Å². The Balaban J connectivity index is 2.81. The Bertz CT molecular complexity index is 574. The molecule has 0 saturated carbocycles. The van der Waals surface area contributed by atoms with Crippen LogP contribution >= 0.6 is 43.6 Å². The molecule has 1 aromatic carbocycles. The van der Waals surface area contributed by atoms with E-state index in [0.29, 0.717) is 32.7 Å². The lowest BCUT2D eigenvalue weighted by molar-refractivity contribution is 0.583. The van der Waals surface area contributed by atoms with E-state index in [9.17, 15) is 8.42 Å². The van der Waals surface area contributed by atoms with Crippen molar-refractivity contribution in [2.75, 3.05) is 23.8 Å². The fourth-order valence-corrected chi connectivity index (χ4v) is 5.57. The van der Waals surface area contributed by atoms with Crippen molar-refractivity contribution in [2.24, 2.45) is 0 Å². The monoisotopic (exact) mass is 426 g/mol. The third kappa shape index (κ3) is 5.00. The predicted molar refractivity (Wildman–Crippen MR) is 87.6 cm³/mol. The normalized spacial score (nSPS) is 11.2. The number of thioether (sulfide) groups is 1. The molecule has 0 aliphatic heterocycles. The van der Waals surface area contributed by atoms with Gasteiger partial charge in [0.25, 0.3) is 0 Å². The maximum absolute atomic E-state index is 12.2. The van der Waals surface area contributed by atoms with Crippen molar-refractivity contribution in [3.63, 3.8) is 0 Å². The lowest BCUT2D eigenvalue weighted by Crippen LogP contribution is -2.26. The van der Waals surface area contributed by atoms with Gasteiger partial charge in [0.2, 0.25) is 10.0 Å². The number of terminal acetylenes is 1. The highest BCUT2D eigenvalue weighted by Crippen LogP contribution is 2.32. The molecule has 0 aliphatic rings. The number of nitrogens with one attached hydrogen (secondary N) is 1. The lowest BCUT2D eigenvalue weighted by atomic mass is 10.3. The third-order valence-electron chi connectivity index (χ3n) is 2.01. The number of nitrogen functional groups attached to an aromatic ring is 1. The highest BCUT2D eigenvalue weighted by atomic mass is 79.9. The third-order valence-corrected chi connectivity index (χ3v) is 6.21. The Morgan fingerprint density at radius 2 is 1.95 bits per heavy atom. The van der Waals surface area contributed by atoms with Crippen molar-refractivity contribution >= 4 is 59.3 Å². The van der Waals surface area contributed by atoms with Crippen LogP contribution in [0.3, 0.4) is 0 Å². The molecule has 0 atom stereocenters. The number of anilines is 1. The molecule has 0 fully saturated rings. The zero-order chi connectivity index (χ0) is 14.5. The highest BCUT2D eigenvalue weighted by Gasteiger charge is 2.21. The highest BCUT2D eigenvalue weighted by molar-refractivity contribution is 9.11. The Morgan fingerprint density at radius 3 is 2.47 bits per heavy atom. The first-order chi connectivity index (χ1) is 8.88. The zero-order valence-corrected chi connectivity index (χ0v) is 14.6. The molecule has 8 heteroatoms. The second-order valence-corrected chi connectivity index (χ2v) is 7.99. The van der Waals surface area contributed by atoms with Crippen LogP contribution in [0.5, 0.6) is 0 Å². The molecular formula is C11H12Br2N2O2S2. The van der Waals surface area contributed by atoms with E-state index < -0.39 is 10.0 Å². The van der Waals surface area contributed by atoms with Crippen LogP contribution < -0.4 is 10.5 Å². The predicted octanol–water partition coefficient (Wildman–Crippen LogP) is 2.44. The summed E-state index contributed by atoms with van der Waals surface area (Å²) in [6, 6.07) is 3.10. The summed E-state index contributed by atoms with van der Waals surface area (Å²) in [5.41, 5.74) is 6.10. The molecule has 104 valence electrons. The number of hydrogen-bond donors (Lipinski definition) is 2. The van der Waals surface area contributed by atoms with Gasteiger partial charge in [0.15, 0.2) is 0 Å². The van der Waals surface area contributed by atoms with Gasteiger partial charge in [-0.2, -0.15) is 0 Å². The van der Waals surface area contributed by atoms with Crippen LogP contribution in [0.4, 0.5) is 5.69 Å². The van der Waals surface area contributed by atoms with Crippen molar-refractivity contribution in [2.45, 2.75) is 4.90 Å². The van der Waals surface area contributed by atoms with Gasteiger partial charge in [-0.05, 0) is 44.0 Å². The second-order valence-electron chi connectivity index (χ2n) is 3.47. The van der Waals surface area contributed by atoms with E-state index in [1.54, 1.807) is 12.1 Å². The fourth-order valence-electron chi connectivity index (χ4n) is 1.29. The standard InChI is InChI=1S/C11H12Br2N2O2S2/c1-2-4-18-5-3-15-19(16,17)11-9(12)6-8(14)7-10(11)13/h1,6-7,15H,3-5,14H2. The van der Waals surface area contributed by atoms with E-state index >= 15 is 0 Å². The van der Waals surface area contributed by atoms with Crippen molar-refractivity contribution in [1.29, 1.82) is 0 Å². The number of rotatable bonds is 6. The van der Waals surface area contributed by atoms with Crippen LogP contribution in [0.1, 0.15) is 0 Å². The summed E-state index contributed by atoms with van der Waals surface area (Å²) in [5, 5.41) is 0. The minimum Gasteiger partial charge on any atom is -0.399 e. The molecule has 0 amide bonds. The quantitative estimate of drug-likeness (QED) is 0.415. The first-order valence-corrected chi connectivity index (χ1v) is 9.36. The molecule has 0 aliphatic carbocycles. The molecule has 0 radical (unpaired) electrons. The molecule has 1 aromatic rings. The SMILES string of the molecule is C#CCSCCNS(=O)(=O)c1c(Br)cc(N)cc1Br. The molecular weight excluding hydrogens is 416 g/mol. The molecule has 0 spiro atoms.